The zero-order chi connectivity index (χ0) is 15.0. The highest BCUT2D eigenvalue weighted by atomic mass is 32.2. The molecule has 0 radical (unpaired) electrons. The van der Waals surface area contributed by atoms with Gasteiger partial charge in [0, 0.05) is 5.69 Å². The third kappa shape index (κ3) is 2.99. The van der Waals surface area contributed by atoms with Crippen LogP contribution in [0.2, 0.25) is 0 Å². The minimum Gasteiger partial charge on any atom is -0.482 e. The summed E-state index contributed by atoms with van der Waals surface area (Å²) >= 11 is 0. The van der Waals surface area contributed by atoms with Crippen molar-refractivity contribution in [1.29, 1.82) is 0 Å². The van der Waals surface area contributed by atoms with Crippen molar-refractivity contribution in [3.05, 3.63) is 18.2 Å². The number of rotatable bonds is 2. The van der Waals surface area contributed by atoms with Gasteiger partial charge in [-0.05, 0) is 24.6 Å². The molecule has 1 aromatic carbocycles. The number of fused-ring (bicyclic) bond motifs is 1. The molecular formula is C13H14N2O5S. The van der Waals surface area contributed by atoms with Crippen LogP contribution in [0.15, 0.2) is 18.2 Å². The molecule has 1 fully saturated rings. The van der Waals surface area contributed by atoms with Gasteiger partial charge in [-0.2, -0.15) is 0 Å². The molecule has 21 heavy (non-hydrogen) atoms. The van der Waals surface area contributed by atoms with Crippen LogP contribution in [0.1, 0.15) is 6.42 Å². The largest absolute Gasteiger partial charge is 0.482 e. The summed E-state index contributed by atoms with van der Waals surface area (Å²) in [4.78, 5) is 23.3. The van der Waals surface area contributed by atoms with Crippen molar-refractivity contribution in [2.45, 2.75) is 6.42 Å². The van der Waals surface area contributed by atoms with Crippen LogP contribution in [0.5, 0.6) is 5.75 Å². The molecule has 2 amide bonds. The van der Waals surface area contributed by atoms with Gasteiger partial charge in [0.25, 0.3) is 5.91 Å². The molecule has 0 saturated carbocycles. The molecule has 0 bridgehead atoms. The summed E-state index contributed by atoms with van der Waals surface area (Å²) in [6.45, 7) is -0.0291. The minimum atomic E-state index is -3.09. The third-order valence-corrected chi connectivity index (χ3v) is 5.25. The van der Waals surface area contributed by atoms with Crippen LogP contribution in [0.3, 0.4) is 0 Å². The molecule has 8 heteroatoms. The number of carbonyl (C=O) groups is 2. The fourth-order valence-electron chi connectivity index (χ4n) is 2.41. The van der Waals surface area contributed by atoms with Gasteiger partial charge in [0.05, 0.1) is 23.1 Å². The van der Waals surface area contributed by atoms with E-state index in [4.69, 9.17) is 4.74 Å². The molecule has 1 saturated heterocycles. The van der Waals surface area contributed by atoms with Crippen LogP contribution in [0.25, 0.3) is 0 Å². The summed E-state index contributed by atoms with van der Waals surface area (Å²) in [7, 11) is -3.09. The van der Waals surface area contributed by atoms with Crippen molar-refractivity contribution in [1.82, 2.24) is 0 Å². The van der Waals surface area contributed by atoms with Crippen LogP contribution in [0, 0.1) is 5.92 Å². The van der Waals surface area contributed by atoms with E-state index in [0.29, 0.717) is 23.5 Å². The van der Waals surface area contributed by atoms with E-state index in [0.717, 1.165) is 0 Å². The Morgan fingerprint density at radius 2 is 2.19 bits per heavy atom. The van der Waals surface area contributed by atoms with Crippen molar-refractivity contribution in [3.63, 3.8) is 0 Å². The van der Waals surface area contributed by atoms with Crippen LogP contribution in [0.4, 0.5) is 11.4 Å². The Hall–Kier alpha value is -2.09. The highest BCUT2D eigenvalue weighted by Crippen LogP contribution is 2.31. The Kier molecular flexibility index (Phi) is 3.32. The predicted octanol–water partition coefficient (Wildman–Crippen LogP) is 0.391. The van der Waals surface area contributed by atoms with Gasteiger partial charge in [-0.1, -0.05) is 0 Å². The van der Waals surface area contributed by atoms with Crippen molar-refractivity contribution >= 4 is 33.0 Å². The Bertz CT molecular complexity index is 713. The number of amides is 2. The molecule has 1 aromatic rings. The van der Waals surface area contributed by atoms with Gasteiger partial charge in [0.2, 0.25) is 5.91 Å². The highest BCUT2D eigenvalue weighted by molar-refractivity contribution is 7.91. The first-order valence-corrected chi connectivity index (χ1v) is 8.33. The Labute approximate surface area is 121 Å². The molecule has 0 aromatic heterocycles. The van der Waals surface area contributed by atoms with E-state index in [-0.39, 0.29) is 29.9 Å². The summed E-state index contributed by atoms with van der Waals surface area (Å²) in [6.07, 6.45) is 0.346. The first kappa shape index (κ1) is 13.9. The van der Waals surface area contributed by atoms with Gasteiger partial charge in [0.15, 0.2) is 16.4 Å². The topological polar surface area (TPSA) is 102 Å². The number of ether oxygens (including phenoxy) is 1. The van der Waals surface area contributed by atoms with Gasteiger partial charge < -0.3 is 15.4 Å². The Balaban J connectivity index is 1.72. The third-order valence-electron chi connectivity index (χ3n) is 3.48. The molecule has 112 valence electrons. The molecule has 0 spiro atoms. The summed E-state index contributed by atoms with van der Waals surface area (Å²) in [5.41, 5.74) is 0.983. The summed E-state index contributed by atoms with van der Waals surface area (Å²) in [5.74, 6) is -0.608. The van der Waals surface area contributed by atoms with Crippen molar-refractivity contribution < 1.29 is 22.7 Å². The lowest BCUT2D eigenvalue weighted by atomic mass is 10.1. The van der Waals surface area contributed by atoms with Crippen molar-refractivity contribution in [2.24, 2.45) is 5.92 Å². The van der Waals surface area contributed by atoms with Crippen molar-refractivity contribution in [2.75, 3.05) is 28.7 Å². The maximum absolute atomic E-state index is 12.0. The number of anilines is 2. The van der Waals surface area contributed by atoms with Gasteiger partial charge >= 0.3 is 0 Å². The van der Waals surface area contributed by atoms with Gasteiger partial charge in [0.1, 0.15) is 5.75 Å². The van der Waals surface area contributed by atoms with Gasteiger partial charge in [-0.25, -0.2) is 8.42 Å². The lowest BCUT2D eigenvalue weighted by Crippen LogP contribution is -2.26. The second-order valence-electron chi connectivity index (χ2n) is 5.14. The number of hydrogen-bond donors (Lipinski definition) is 2. The van der Waals surface area contributed by atoms with Crippen LogP contribution in [-0.2, 0) is 19.4 Å². The fraction of sp³-hybridized carbons (Fsp3) is 0.385. The van der Waals surface area contributed by atoms with E-state index >= 15 is 0 Å². The predicted molar refractivity (Wildman–Crippen MR) is 76.0 cm³/mol. The minimum absolute atomic E-state index is 0.0291. The number of nitrogens with one attached hydrogen (secondary N) is 2. The number of hydrogen-bond acceptors (Lipinski definition) is 5. The summed E-state index contributed by atoms with van der Waals surface area (Å²) in [5, 5.41) is 5.32. The average molecular weight is 310 g/mol. The maximum Gasteiger partial charge on any atom is 0.262 e. The maximum atomic E-state index is 12.0. The quantitative estimate of drug-likeness (QED) is 0.823. The fourth-order valence-corrected chi connectivity index (χ4v) is 4.15. The van der Waals surface area contributed by atoms with Crippen LogP contribution >= 0.6 is 0 Å². The first-order valence-electron chi connectivity index (χ1n) is 6.51. The Morgan fingerprint density at radius 1 is 1.38 bits per heavy atom. The van der Waals surface area contributed by atoms with Crippen LogP contribution < -0.4 is 15.4 Å². The van der Waals surface area contributed by atoms with E-state index in [1.807, 2.05) is 0 Å². The lowest BCUT2D eigenvalue weighted by Gasteiger charge is -2.19. The normalized spacial score (nSPS) is 22.9. The number of carbonyl (C=O) groups excluding carboxylic acids is 2. The monoisotopic (exact) mass is 310 g/mol. The zero-order valence-corrected chi connectivity index (χ0v) is 11.9. The Morgan fingerprint density at radius 3 is 2.90 bits per heavy atom. The number of benzene rings is 1. The standard InChI is InChI=1S/C13H14N2O5S/c16-12-6-20-11-2-1-9(5-10(11)15-12)14-13(17)8-3-4-21(18,19)7-8/h1-2,5,8H,3-4,6-7H2,(H,14,17)(H,15,16)/t8-/m1/s1. The lowest BCUT2D eigenvalue weighted by molar-refractivity contribution is -0.119. The molecule has 2 aliphatic heterocycles. The van der Waals surface area contributed by atoms with E-state index in [9.17, 15) is 18.0 Å². The highest BCUT2D eigenvalue weighted by Gasteiger charge is 2.33. The molecule has 0 aliphatic carbocycles. The molecule has 2 N–H and O–H groups in total. The first-order chi connectivity index (χ1) is 9.93. The van der Waals surface area contributed by atoms with E-state index < -0.39 is 15.8 Å². The number of sulfone groups is 1. The molecule has 1 atom stereocenters. The van der Waals surface area contributed by atoms with E-state index in [2.05, 4.69) is 10.6 Å². The summed E-state index contributed by atoms with van der Waals surface area (Å²) < 4.78 is 28.0. The zero-order valence-electron chi connectivity index (χ0n) is 11.1. The summed E-state index contributed by atoms with van der Waals surface area (Å²) in [6, 6.07) is 4.89. The van der Waals surface area contributed by atoms with Crippen LogP contribution in [-0.4, -0.2) is 38.3 Å². The molecule has 7 nitrogen and oxygen atoms in total. The van der Waals surface area contributed by atoms with Gasteiger partial charge in [-0.3, -0.25) is 9.59 Å². The SMILES string of the molecule is O=C1COc2ccc(NC(=O)[C@@H]3CCS(=O)(=O)C3)cc2N1. The average Bonchev–Trinajstić information content (AvgIpc) is 2.79. The molecular weight excluding hydrogens is 296 g/mol. The van der Waals surface area contributed by atoms with Gasteiger partial charge in [-0.15, -0.1) is 0 Å². The second-order valence-corrected chi connectivity index (χ2v) is 7.37. The van der Waals surface area contributed by atoms with Crippen molar-refractivity contribution in [3.8, 4) is 5.75 Å². The van der Waals surface area contributed by atoms with E-state index in [1.165, 1.54) is 0 Å². The molecule has 2 heterocycles. The second kappa shape index (κ2) is 5.03. The molecule has 2 aliphatic rings. The molecule has 0 unspecified atom stereocenters. The smallest absolute Gasteiger partial charge is 0.262 e. The molecule has 3 rings (SSSR count). The van der Waals surface area contributed by atoms with E-state index in [1.54, 1.807) is 18.2 Å².